The van der Waals surface area contributed by atoms with E-state index in [9.17, 15) is 4.79 Å². The number of nitrogens with zero attached hydrogens (tertiary/aromatic N) is 1. The van der Waals surface area contributed by atoms with Crippen molar-refractivity contribution < 1.29 is 0 Å². The van der Waals surface area contributed by atoms with Gasteiger partial charge in [0.15, 0.2) is 0 Å². The molecule has 1 N–H and O–H groups in total. The molecular formula is C15H18N2O. The summed E-state index contributed by atoms with van der Waals surface area (Å²) >= 11 is 0. The molecule has 18 heavy (non-hydrogen) atoms. The molecule has 1 aliphatic heterocycles. The van der Waals surface area contributed by atoms with Crippen molar-refractivity contribution in [1.82, 2.24) is 9.88 Å². The fraction of sp³-hybridized carbons (Fsp3) is 0.400. The van der Waals surface area contributed by atoms with Gasteiger partial charge in [-0.15, -0.1) is 0 Å². The number of nitrogens with one attached hydrogen (secondary N) is 1. The molecule has 2 aromatic rings. The van der Waals surface area contributed by atoms with E-state index in [2.05, 4.69) is 5.32 Å². The third kappa shape index (κ3) is 2.18. The van der Waals surface area contributed by atoms with E-state index in [4.69, 9.17) is 0 Å². The first-order valence-corrected chi connectivity index (χ1v) is 6.63. The number of aromatic nitrogens is 1. The molecule has 1 aromatic carbocycles. The molecule has 94 valence electrons. The van der Waals surface area contributed by atoms with Crippen LogP contribution in [0, 0.1) is 5.92 Å². The van der Waals surface area contributed by atoms with Gasteiger partial charge in [0.2, 0.25) is 0 Å². The number of piperidine rings is 1. The van der Waals surface area contributed by atoms with E-state index in [-0.39, 0.29) is 5.56 Å². The number of hydrogen-bond acceptors (Lipinski definition) is 2. The second kappa shape index (κ2) is 4.94. The van der Waals surface area contributed by atoms with Crippen molar-refractivity contribution in [2.75, 3.05) is 13.1 Å². The average Bonchev–Trinajstić information content (AvgIpc) is 2.43. The van der Waals surface area contributed by atoms with Crippen LogP contribution in [0.1, 0.15) is 12.8 Å². The van der Waals surface area contributed by atoms with Crippen molar-refractivity contribution in [3.63, 3.8) is 0 Å². The molecule has 0 aliphatic carbocycles. The molecule has 3 rings (SSSR count). The van der Waals surface area contributed by atoms with Gasteiger partial charge in [0.1, 0.15) is 0 Å². The van der Waals surface area contributed by atoms with Crippen molar-refractivity contribution in [3.05, 3.63) is 46.9 Å². The van der Waals surface area contributed by atoms with Gasteiger partial charge in [0, 0.05) is 18.1 Å². The summed E-state index contributed by atoms with van der Waals surface area (Å²) in [5.74, 6) is 0.581. The van der Waals surface area contributed by atoms with Crippen molar-refractivity contribution in [1.29, 1.82) is 0 Å². The van der Waals surface area contributed by atoms with Crippen molar-refractivity contribution >= 4 is 10.8 Å². The Balaban J connectivity index is 1.92. The van der Waals surface area contributed by atoms with E-state index in [1.807, 2.05) is 41.1 Å². The fourth-order valence-electron chi connectivity index (χ4n) is 2.73. The van der Waals surface area contributed by atoms with E-state index in [0.29, 0.717) is 5.92 Å². The molecule has 0 bridgehead atoms. The highest BCUT2D eigenvalue weighted by Crippen LogP contribution is 2.13. The molecule has 3 nitrogen and oxygen atoms in total. The zero-order chi connectivity index (χ0) is 12.4. The monoisotopic (exact) mass is 242 g/mol. The van der Waals surface area contributed by atoms with Crippen LogP contribution >= 0.6 is 0 Å². The Bertz CT molecular complexity index is 597. The molecule has 0 amide bonds. The van der Waals surface area contributed by atoms with Gasteiger partial charge < -0.3 is 9.88 Å². The number of hydrogen-bond donors (Lipinski definition) is 1. The van der Waals surface area contributed by atoms with Crippen LogP contribution in [-0.4, -0.2) is 17.7 Å². The summed E-state index contributed by atoms with van der Waals surface area (Å²) in [7, 11) is 0. The Morgan fingerprint density at radius 1 is 1.28 bits per heavy atom. The van der Waals surface area contributed by atoms with Crippen LogP contribution in [-0.2, 0) is 6.54 Å². The van der Waals surface area contributed by atoms with Gasteiger partial charge in [0.25, 0.3) is 5.56 Å². The Morgan fingerprint density at radius 3 is 3.00 bits per heavy atom. The van der Waals surface area contributed by atoms with E-state index < -0.39 is 0 Å². The summed E-state index contributed by atoms with van der Waals surface area (Å²) < 4.78 is 1.86. The van der Waals surface area contributed by atoms with Gasteiger partial charge in [-0.1, -0.05) is 18.2 Å². The first kappa shape index (κ1) is 11.5. The van der Waals surface area contributed by atoms with Gasteiger partial charge in [-0.05, 0) is 49.4 Å². The summed E-state index contributed by atoms with van der Waals surface area (Å²) in [5, 5.41) is 5.25. The molecule has 3 heteroatoms. The second-order valence-corrected chi connectivity index (χ2v) is 5.07. The van der Waals surface area contributed by atoms with Crippen LogP contribution in [0.25, 0.3) is 10.8 Å². The molecule has 0 radical (unpaired) electrons. The summed E-state index contributed by atoms with van der Waals surface area (Å²) in [6, 6.07) is 9.83. The van der Waals surface area contributed by atoms with Crippen LogP contribution in [0.4, 0.5) is 0 Å². The lowest BCUT2D eigenvalue weighted by Gasteiger charge is -2.23. The van der Waals surface area contributed by atoms with E-state index in [0.717, 1.165) is 30.4 Å². The molecule has 2 heterocycles. The van der Waals surface area contributed by atoms with Crippen LogP contribution < -0.4 is 10.9 Å². The van der Waals surface area contributed by atoms with E-state index in [1.54, 1.807) is 0 Å². The van der Waals surface area contributed by atoms with Crippen molar-refractivity contribution in [2.24, 2.45) is 5.92 Å². The highest BCUT2D eigenvalue weighted by Gasteiger charge is 2.14. The summed E-state index contributed by atoms with van der Waals surface area (Å²) in [5.41, 5.74) is 0.138. The van der Waals surface area contributed by atoms with Gasteiger partial charge in [0.05, 0.1) is 0 Å². The number of pyridine rings is 1. The Kier molecular flexibility index (Phi) is 3.15. The van der Waals surface area contributed by atoms with Crippen LogP contribution in [0.15, 0.2) is 41.3 Å². The molecule has 1 saturated heterocycles. The lowest BCUT2D eigenvalue weighted by Crippen LogP contribution is -2.34. The maximum Gasteiger partial charge on any atom is 0.258 e. The fourth-order valence-corrected chi connectivity index (χ4v) is 2.73. The lowest BCUT2D eigenvalue weighted by atomic mass is 9.99. The number of rotatable bonds is 2. The maximum absolute atomic E-state index is 12.3. The standard InChI is InChI=1S/C15H18N2O/c18-15-14-6-2-1-5-13(14)7-9-17(15)11-12-4-3-8-16-10-12/h1-2,5-7,9,12,16H,3-4,8,10-11H2. The predicted molar refractivity (Wildman–Crippen MR) is 73.8 cm³/mol. The van der Waals surface area contributed by atoms with E-state index >= 15 is 0 Å². The maximum atomic E-state index is 12.3. The average molecular weight is 242 g/mol. The Labute approximate surface area is 106 Å². The molecule has 1 atom stereocenters. The highest BCUT2D eigenvalue weighted by atomic mass is 16.1. The summed E-state index contributed by atoms with van der Waals surface area (Å²) in [4.78, 5) is 12.3. The second-order valence-electron chi connectivity index (χ2n) is 5.07. The minimum Gasteiger partial charge on any atom is -0.316 e. The molecular weight excluding hydrogens is 224 g/mol. The van der Waals surface area contributed by atoms with E-state index in [1.165, 1.54) is 12.8 Å². The quantitative estimate of drug-likeness (QED) is 0.874. The summed E-state index contributed by atoms with van der Waals surface area (Å²) in [6.45, 7) is 2.97. The molecule has 1 unspecified atom stereocenters. The van der Waals surface area contributed by atoms with Gasteiger partial charge >= 0.3 is 0 Å². The first-order valence-electron chi connectivity index (χ1n) is 6.63. The highest BCUT2D eigenvalue weighted by molar-refractivity contribution is 5.81. The predicted octanol–water partition coefficient (Wildman–Crippen LogP) is 2.00. The topological polar surface area (TPSA) is 34.0 Å². The number of fused-ring (bicyclic) bond motifs is 1. The van der Waals surface area contributed by atoms with Crippen molar-refractivity contribution in [2.45, 2.75) is 19.4 Å². The largest absolute Gasteiger partial charge is 0.316 e. The van der Waals surface area contributed by atoms with Crippen LogP contribution in [0.5, 0.6) is 0 Å². The van der Waals surface area contributed by atoms with Gasteiger partial charge in [-0.25, -0.2) is 0 Å². The third-order valence-electron chi connectivity index (χ3n) is 3.74. The minimum absolute atomic E-state index is 0.138. The SMILES string of the molecule is O=c1c2ccccc2ccn1CC1CCCNC1. The third-order valence-corrected chi connectivity index (χ3v) is 3.74. The van der Waals surface area contributed by atoms with Gasteiger partial charge in [-0.2, -0.15) is 0 Å². The molecule has 1 fully saturated rings. The van der Waals surface area contributed by atoms with Crippen LogP contribution in [0.3, 0.4) is 0 Å². The normalized spacial score (nSPS) is 20.1. The lowest BCUT2D eigenvalue weighted by molar-refractivity contribution is 0.334. The zero-order valence-electron chi connectivity index (χ0n) is 10.4. The molecule has 1 aliphatic rings. The van der Waals surface area contributed by atoms with Crippen molar-refractivity contribution in [3.8, 4) is 0 Å². The smallest absolute Gasteiger partial charge is 0.258 e. The Hall–Kier alpha value is -1.61. The molecule has 1 aromatic heterocycles. The zero-order valence-corrected chi connectivity index (χ0v) is 10.4. The molecule has 0 saturated carbocycles. The first-order chi connectivity index (χ1) is 8.84. The van der Waals surface area contributed by atoms with Gasteiger partial charge in [-0.3, -0.25) is 4.79 Å². The number of benzene rings is 1. The minimum atomic E-state index is 0.138. The summed E-state index contributed by atoms with van der Waals surface area (Å²) in [6.07, 6.45) is 4.36. The van der Waals surface area contributed by atoms with Crippen LogP contribution in [0.2, 0.25) is 0 Å². The molecule has 0 spiro atoms. The Morgan fingerprint density at radius 2 is 2.17 bits per heavy atom.